The SMILES string of the molecule is O=c1n(CC(O)(O)O)c(=O)n(CC(O)(O)O)c(=O)n1CC(O)(O)O. The summed E-state index contributed by atoms with van der Waals surface area (Å²) in [5.41, 5.74) is -5.16. The van der Waals surface area contributed by atoms with E-state index in [0.717, 1.165) is 0 Å². The van der Waals surface area contributed by atoms with Gasteiger partial charge in [0, 0.05) is 0 Å². The topological polar surface area (TPSA) is 248 Å². The Balaban J connectivity index is 3.75. The number of hydrogen-bond donors (Lipinski definition) is 9. The molecule has 0 atom stereocenters. The first-order valence-electron chi connectivity index (χ1n) is 5.98. The summed E-state index contributed by atoms with van der Waals surface area (Å²) in [6.45, 7) is -4.64. The van der Waals surface area contributed by atoms with Gasteiger partial charge in [0.05, 0.1) is 0 Å². The molecule has 0 fully saturated rings. The van der Waals surface area contributed by atoms with Crippen LogP contribution in [0.5, 0.6) is 0 Å². The van der Waals surface area contributed by atoms with Crippen molar-refractivity contribution < 1.29 is 46.0 Å². The number of aliphatic hydroxyl groups is 9. The maximum atomic E-state index is 11.9. The molecule has 9 N–H and O–H groups in total. The molecule has 1 heterocycles. The average molecular weight is 357 g/mol. The minimum Gasteiger partial charge on any atom is -0.342 e. The van der Waals surface area contributed by atoms with Gasteiger partial charge in [0.25, 0.3) is 17.9 Å². The van der Waals surface area contributed by atoms with E-state index in [4.69, 9.17) is 46.0 Å². The molecule has 0 aliphatic rings. The van der Waals surface area contributed by atoms with E-state index in [1.807, 2.05) is 0 Å². The molecule has 0 bridgehead atoms. The molecule has 1 aromatic heterocycles. The number of aromatic nitrogens is 3. The summed E-state index contributed by atoms with van der Waals surface area (Å²) in [5, 5.41) is 79.7. The van der Waals surface area contributed by atoms with Crippen molar-refractivity contribution in [2.45, 2.75) is 37.6 Å². The monoisotopic (exact) mass is 357 g/mol. The predicted molar refractivity (Wildman–Crippen MR) is 67.4 cm³/mol. The molecular weight excluding hydrogens is 342 g/mol. The first-order chi connectivity index (χ1) is 10.5. The van der Waals surface area contributed by atoms with E-state index in [2.05, 4.69) is 0 Å². The zero-order valence-electron chi connectivity index (χ0n) is 11.7. The Morgan fingerprint density at radius 2 is 0.667 bits per heavy atom. The average Bonchev–Trinajstić information content (AvgIpc) is 2.32. The molecule has 0 saturated heterocycles. The van der Waals surface area contributed by atoms with E-state index < -0.39 is 54.6 Å². The summed E-state index contributed by atoms with van der Waals surface area (Å²) < 4.78 is -0.628. The van der Waals surface area contributed by atoms with Crippen molar-refractivity contribution in [2.75, 3.05) is 0 Å². The number of rotatable bonds is 6. The first-order valence-corrected chi connectivity index (χ1v) is 5.98. The third-order valence-electron chi connectivity index (χ3n) is 2.50. The Bertz CT molecular complexity index is 633. The van der Waals surface area contributed by atoms with Crippen LogP contribution in [0.3, 0.4) is 0 Å². The van der Waals surface area contributed by atoms with Gasteiger partial charge in [-0.3, -0.25) is 0 Å². The maximum absolute atomic E-state index is 11.9. The number of hydrogen-bond acceptors (Lipinski definition) is 12. The van der Waals surface area contributed by atoms with Crippen LogP contribution in [0.1, 0.15) is 0 Å². The van der Waals surface area contributed by atoms with Crippen LogP contribution in [0.25, 0.3) is 0 Å². The summed E-state index contributed by atoms with van der Waals surface area (Å²) in [4.78, 5) is 35.8. The quantitative estimate of drug-likeness (QED) is 0.215. The van der Waals surface area contributed by atoms with Crippen LogP contribution in [0.2, 0.25) is 0 Å². The van der Waals surface area contributed by atoms with Crippen molar-refractivity contribution in [1.82, 2.24) is 13.7 Å². The molecule has 1 aromatic rings. The molecule has 0 radical (unpaired) electrons. The third-order valence-corrected chi connectivity index (χ3v) is 2.50. The fourth-order valence-corrected chi connectivity index (χ4v) is 1.72. The van der Waals surface area contributed by atoms with E-state index in [1.54, 1.807) is 0 Å². The van der Waals surface area contributed by atoms with Crippen LogP contribution in [0.15, 0.2) is 14.4 Å². The second kappa shape index (κ2) is 6.16. The molecule has 1 rings (SSSR count). The number of nitrogens with zero attached hydrogens (tertiary/aromatic N) is 3. The smallest absolute Gasteiger partial charge is 0.336 e. The van der Waals surface area contributed by atoms with E-state index in [-0.39, 0.29) is 13.7 Å². The van der Waals surface area contributed by atoms with Gasteiger partial charge in [-0.15, -0.1) is 0 Å². The third kappa shape index (κ3) is 5.30. The van der Waals surface area contributed by atoms with Gasteiger partial charge >= 0.3 is 17.1 Å². The van der Waals surface area contributed by atoms with Crippen molar-refractivity contribution in [3.05, 3.63) is 31.5 Å². The molecule has 138 valence electrons. The van der Waals surface area contributed by atoms with E-state index in [9.17, 15) is 14.4 Å². The van der Waals surface area contributed by atoms with Gasteiger partial charge in [0.2, 0.25) is 0 Å². The molecular formula is C9H15N3O12. The fraction of sp³-hybridized carbons (Fsp3) is 0.667. The lowest BCUT2D eigenvalue weighted by molar-refractivity contribution is -0.322. The van der Waals surface area contributed by atoms with E-state index in [1.165, 1.54) is 0 Å². The highest BCUT2D eigenvalue weighted by Crippen LogP contribution is 1.98. The van der Waals surface area contributed by atoms with Crippen LogP contribution < -0.4 is 17.1 Å². The highest BCUT2D eigenvalue weighted by Gasteiger charge is 2.30. The van der Waals surface area contributed by atoms with Gasteiger partial charge in [0.15, 0.2) is 0 Å². The molecule has 0 amide bonds. The second-order valence-electron chi connectivity index (χ2n) is 4.93. The second-order valence-corrected chi connectivity index (χ2v) is 4.93. The molecule has 24 heavy (non-hydrogen) atoms. The molecule has 0 aliphatic heterocycles. The maximum Gasteiger partial charge on any atom is 0.336 e. The van der Waals surface area contributed by atoms with Crippen LogP contribution in [-0.4, -0.2) is 77.6 Å². The molecule has 15 heteroatoms. The largest absolute Gasteiger partial charge is 0.342 e. The lowest BCUT2D eigenvalue weighted by Crippen LogP contribution is -2.60. The Morgan fingerprint density at radius 1 is 0.500 bits per heavy atom. The van der Waals surface area contributed by atoms with Crippen molar-refractivity contribution in [2.24, 2.45) is 0 Å². The summed E-state index contributed by atoms with van der Waals surface area (Å²) in [6.07, 6.45) is 0. The fourth-order valence-electron chi connectivity index (χ4n) is 1.72. The molecule has 15 nitrogen and oxygen atoms in total. The Kier molecular flexibility index (Phi) is 5.16. The van der Waals surface area contributed by atoms with Gasteiger partial charge in [-0.2, -0.15) is 0 Å². The normalized spacial score (nSPS) is 13.4. The van der Waals surface area contributed by atoms with Gasteiger partial charge in [-0.05, 0) is 0 Å². The highest BCUT2D eigenvalue weighted by molar-refractivity contribution is 4.81. The highest BCUT2D eigenvalue weighted by atomic mass is 16.7. The summed E-state index contributed by atoms with van der Waals surface area (Å²) >= 11 is 0. The molecule has 0 aromatic carbocycles. The van der Waals surface area contributed by atoms with Crippen molar-refractivity contribution in [3.63, 3.8) is 0 Å². The van der Waals surface area contributed by atoms with Crippen LogP contribution in [0.4, 0.5) is 0 Å². The van der Waals surface area contributed by atoms with Gasteiger partial charge in [-0.1, -0.05) is 0 Å². The van der Waals surface area contributed by atoms with Crippen molar-refractivity contribution in [3.8, 4) is 0 Å². The Labute approximate surface area is 130 Å². The molecule has 0 saturated carbocycles. The summed E-state index contributed by atoms with van der Waals surface area (Å²) in [6, 6.07) is 0. The lowest BCUT2D eigenvalue weighted by atomic mass is 10.5. The zero-order valence-corrected chi connectivity index (χ0v) is 11.7. The minimum absolute atomic E-state index is 0.209. The van der Waals surface area contributed by atoms with Gasteiger partial charge in [-0.25, -0.2) is 28.1 Å². The van der Waals surface area contributed by atoms with Crippen LogP contribution in [0, 0.1) is 0 Å². The first kappa shape index (κ1) is 20.1. The van der Waals surface area contributed by atoms with E-state index in [0.29, 0.717) is 0 Å². The summed E-state index contributed by atoms with van der Waals surface area (Å²) in [5.74, 6) is -10.9. The van der Waals surface area contributed by atoms with Crippen molar-refractivity contribution >= 4 is 0 Å². The Hall–Kier alpha value is -1.95. The molecule has 0 spiro atoms. The standard InChI is InChI=1S/C9H15N3O12/c13-4-10(1-7(16,17)18)5(14)12(3-9(22,23)24)6(15)11(4)2-8(19,20)21/h16-24H,1-3H2. The van der Waals surface area contributed by atoms with Gasteiger partial charge < -0.3 is 46.0 Å². The van der Waals surface area contributed by atoms with E-state index >= 15 is 0 Å². The zero-order chi connectivity index (χ0) is 19.1. The van der Waals surface area contributed by atoms with Crippen LogP contribution >= 0.6 is 0 Å². The lowest BCUT2D eigenvalue weighted by Gasteiger charge is -2.21. The molecule has 0 aliphatic carbocycles. The molecule has 0 unspecified atom stereocenters. The Morgan fingerprint density at radius 3 is 0.792 bits per heavy atom. The predicted octanol–water partition coefficient (Wildman–Crippen LogP) is -7.94. The van der Waals surface area contributed by atoms with Crippen molar-refractivity contribution in [1.29, 1.82) is 0 Å². The summed E-state index contributed by atoms with van der Waals surface area (Å²) in [7, 11) is 0. The van der Waals surface area contributed by atoms with Gasteiger partial charge in [0.1, 0.15) is 19.6 Å². The van der Waals surface area contributed by atoms with Crippen LogP contribution in [-0.2, 0) is 19.6 Å². The minimum atomic E-state index is -3.62.